The van der Waals surface area contributed by atoms with E-state index in [1.165, 1.54) is 0 Å². The average molecular weight is 304 g/mol. The Hall–Kier alpha value is 0.0169. The maximum Gasteiger partial charge on any atom is 0.192 e. The fourth-order valence-electron chi connectivity index (χ4n) is 2.30. The normalized spacial score (nSPS) is 37.2. The fraction of sp³-hybridized carbons (Fsp3) is 1.00. The first-order valence-corrected chi connectivity index (χ1v) is 10.2. The van der Waals surface area contributed by atoms with E-state index in [2.05, 4.69) is 33.9 Å². The minimum atomic E-state index is -1.83. The monoisotopic (exact) mass is 304 g/mol. The zero-order valence-corrected chi connectivity index (χ0v) is 14.6. The highest BCUT2D eigenvalue weighted by Gasteiger charge is 2.55. The summed E-state index contributed by atoms with van der Waals surface area (Å²) in [5.74, 6) is -0.671. The number of fused-ring (bicyclic) bond motifs is 1. The molecule has 2 heterocycles. The number of hydrogen-bond acceptors (Lipinski definition) is 5. The third-order valence-corrected chi connectivity index (χ3v) is 9.04. The second-order valence-corrected chi connectivity index (χ2v) is 12.5. The predicted octanol–water partition coefficient (Wildman–Crippen LogP) is 2.25. The maximum absolute atomic E-state index is 9.92. The van der Waals surface area contributed by atoms with Crippen LogP contribution in [0.3, 0.4) is 0 Å². The minimum absolute atomic E-state index is 0.149. The van der Waals surface area contributed by atoms with Crippen molar-refractivity contribution in [1.29, 1.82) is 0 Å². The van der Waals surface area contributed by atoms with Gasteiger partial charge in [-0.25, -0.2) is 0 Å². The lowest BCUT2D eigenvalue weighted by atomic mass is 10.1. The van der Waals surface area contributed by atoms with Crippen LogP contribution in [-0.4, -0.2) is 50.4 Å². The summed E-state index contributed by atoms with van der Waals surface area (Å²) in [7, 11) is -1.83. The summed E-state index contributed by atoms with van der Waals surface area (Å²) in [6.07, 6.45) is -1.89. The van der Waals surface area contributed by atoms with Crippen LogP contribution < -0.4 is 0 Å². The lowest BCUT2D eigenvalue weighted by molar-refractivity contribution is -0.222. The van der Waals surface area contributed by atoms with Crippen LogP contribution in [0.1, 0.15) is 34.6 Å². The quantitative estimate of drug-likeness (QED) is 0.810. The van der Waals surface area contributed by atoms with Gasteiger partial charge in [0.2, 0.25) is 0 Å². The Morgan fingerprint density at radius 2 is 1.70 bits per heavy atom. The average Bonchev–Trinajstić information content (AvgIpc) is 2.70. The van der Waals surface area contributed by atoms with Gasteiger partial charge in [-0.3, -0.25) is 0 Å². The molecular formula is C14H28O5Si. The van der Waals surface area contributed by atoms with Crippen molar-refractivity contribution in [2.45, 2.75) is 83.1 Å². The van der Waals surface area contributed by atoms with Gasteiger partial charge in [0.1, 0.15) is 18.3 Å². The number of aliphatic hydroxyl groups excluding tert-OH is 1. The minimum Gasteiger partial charge on any atom is -0.414 e. The molecule has 20 heavy (non-hydrogen) atoms. The lowest BCUT2D eigenvalue weighted by Crippen LogP contribution is -2.44. The van der Waals surface area contributed by atoms with Crippen molar-refractivity contribution in [3.05, 3.63) is 0 Å². The highest BCUT2D eigenvalue weighted by molar-refractivity contribution is 6.74. The highest BCUT2D eigenvalue weighted by Crippen LogP contribution is 2.40. The van der Waals surface area contributed by atoms with E-state index in [1.807, 2.05) is 13.8 Å². The molecule has 2 aliphatic rings. The van der Waals surface area contributed by atoms with Crippen molar-refractivity contribution in [1.82, 2.24) is 0 Å². The molecule has 4 unspecified atom stereocenters. The molecule has 0 aromatic carbocycles. The smallest absolute Gasteiger partial charge is 0.192 e. The van der Waals surface area contributed by atoms with Gasteiger partial charge in [-0.15, -0.1) is 0 Å². The molecule has 0 saturated carbocycles. The van der Waals surface area contributed by atoms with Crippen molar-refractivity contribution >= 4 is 8.32 Å². The standard InChI is InChI=1S/C14H28O5Si/c1-13(2,3)20(6,7)16-8-9-10-11(12(15)17-9)19-14(4,5)18-10/h9-12,15H,8H2,1-7H3. The van der Waals surface area contributed by atoms with Gasteiger partial charge in [0, 0.05) is 0 Å². The Bertz CT molecular complexity index is 363. The maximum atomic E-state index is 9.92. The van der Waals surface area contributed by atoms with E-state index < -0.39 is 26.5 Å². The molecule has 2 rings (SSSR count). The predicted molar refractivity (Wildman–Crippen MR) is 77.9 cm³/mol. The number of aliphatic hydroxyl groups is 1. The molecular weight excluding hydrogens is 276 g/mol. The summed E-state index contributed by atoms with van der Waals surface area (Å²) < 4.78 is 23.2. The van der Waals surface area contributed by atoms with Gasteiger partial charge in [-0.2, -0.15) is 0 Å². The van der Waals surface area contributed by atoms with E-state index >= 15 is 0 Å². The third-order valence-electron chi connectivity index (χ3n) is 4.54. The summed E-state index contributed by atoms with van der Waals surface area (Å²) in [5, 5.41) is 10.1. The van der Waals surface area contributed by atoms with Gasteiger partial charge in [-0.05, 0) is 32.0 Å². The molecule has 1 N–H and O–H groups in total. The van der Waals surface area contributed by atoms with Gasteiger partial charge in [0.25, 0.3) is 0 Å². The van der Waals surface area contributed by atoms with Crippen molar-refractivity contribution in [3.63, 3.8) is 0 Å². The van der Waals surface area contributed by atoms with E-state index in [-0.39, 0.29) is 17.2 Å². The van der Waals surface area contributed by atoms with Gasteiger partial charge in [-0.1, -0.05) is 20.8 Å². The zero-order chi connectivity index (χ0) is 15.3. The molecule has 4 atom stereocenters. The molecule has 0 bridgehead atoms. The fourth-order valence-corrected chi connectivity index (χ4v) is 3.31. The first-order valence-electron chi connectivity index (χ1n) is 7.26. The van der Waals surface area contributed by atoms with Crippen LogP contribution in [0.2, 0.25) is 18.1 Å². The van der Waals surface area contributed by atoms with Crippen LogP contribution in [0.5, 0.6) is 0 Å². The Balaban J connectivity index is 1.98. The van der Waals surface area contributed by atoms with E-state index in [0.29, 0.717) is 6.61 Å². The number of rotatable bonds is 3. The van der Waals surface area contributed by atoms with Crippen molar-refractivity contribution < 1.29 is 23.7 Å². The lowest BCUT2D eigenvalue weighted by Gasteiger charge is -2.37. The third kappa shape index (κ3) is 3.10. The number of hydrogen-bond donors (Lipinski definition) is 1. The SMILES string of the molecule is CC1(C)OC2C(O)OC(CO[Si](C)(C)C(C)(C)C)C2O1. The molecule has 5 nitrogen and oxygen atoms in total. The molecule has 0 radical (unpaired) electrons. The Morgan fingerprint density at radius 1 is 1.15 bits per heavy atom. The van der Waals surface area contributed by atoms with Gasteiger partial charge in [0.15, 0.2) is 20.4 Å². The summed E-state index contributed by atoms with van der Waals surface area (Å²) >= 11 is 0. The molecule has 2 fully saturated rings. The van der Waals surface area contributed by atoms with Crippen molar-refractivity contribution in [3.8, 4) is 0 Å². The first kappa shape index (κ1) is 16.4. The van der Waals surface area contributed by atoms with E-state index in [0.717, 1.165) is 0 Å². The Labute approximate surface area is 122 Å². The van der Waals surface area contributed by atoms with Crippen molar-refractivity contribution in [2.75, 3.05) is 6.61 Å². The van der Waals surface area contributed by atoms with Crippen LogP contribution in [0.4, 0.5) is 0 Å². The highest BCUT2D eigenvalue weighted by atomic mass is 28.4. The van der Waals surface area contributed by atoms with Gasteiger partial charge < -0.3 is 23.7 Å². The van der Waals surface area contributed by atoms with Gasteiger partial charge in [0.05, 0.1) is 6.61 Å². The molecule has 118 valence electrons. The molecule has 6 heteroatoms. The molecule has 2 aliphatic heterocycles. The van der Waals surface area contributed by atoms with Gasteiger partial charge >= 0.3 is 0 Å². The zero-order valence-electron chi connectivity index (χ0n) is 13.6. The molecule has 0 aromatic heterocycles. The summed E-state index contributed by atoms with van der Waals surface area (Å²) in [6, 6.07) is 0. The molecule has 2 saturated heterocycles. The van der Waals surface area contributed by atoms with Crippen LogP contribution in [-0.2, 0) is 18.6 Å². The second kappa shape index (κ2) is 5.03. The van der Waals surface area contributed by atoms with Crippen molar-refractivity contribution in [2.24, 2.45) is 0 Å². The van der Waals surface area contributed by atoms with E-state index in [4.69, 9.17) is 18.6 Å². The van der Waals surface area contributed by atoms with Crippen LogP contribution in [0, 0.1) is 0 Å². The van der Waals surface area contributed by atoms with Crippen LogP contribution >= 0.6 is 0 Å². The first-order chi connectivity index (χ1) is 8.93. The largest absolute Gasteiger partial charge is 0.414 e. The summed E-state index contributed by atoms with van der Waals surface area (Å²) in [4.78, 5) is 0. The summed E-state index contributed by atoms with van der Waals surface area (Å²) in [5.41, 5.74) is 0. The number of ether oxygens (including phenoxy) is 3. The van der Waals surface area contributed by atoms with Crippen LogP contribution in [0.25, 0.3) is 0 Å². The summed E-state index contributed by atoms with van der Waals surface area (Å²) in [6.45, 7) is 15.1. The molecule has 0 spiro atoms. The molecule has 0 aromatic rings. The second-order valence-electron chi connectivity index (χ2n) is 7.70. The van der Waals surface area contributed by atoms with Crippen LogP contribution in [0.15, 0.2) is 0 Å². The molecule has 0 amide bonds. The van der Waals surface area contributed by atoms with E-state index in [1.54, 1.807) is 0 Å². The molecule has 0 aliphatic carbocycles. The van der Waals surface area contributed by atoms with E-state index in [9.17, 15) is 5.11 Å². The Morgan fingerprint density at radius 3 is 2.25 bits per heavy atom. The Kier molecular flexibility index (Phi) is 4.13. The topological polar surface area (TPSA) is 57.2 Å².